The lowest BCUT2D eigenvalue weighted by Gasteiger charge is -2.24. The average molecular weight is 291 g/mol. The molecule has 1 aliphatic heterocycles. The van der Waals surface area contributed by atoms with Crippen molar-refractivity contribution in [2.45, 2.75) is 6.10 Å². The Hall–Kier alpha value is -0.580. The predicted octanol–water partition coefficient (Wildman–Crippen LogP) is 2.29. The third-order valence-electron chi connectivity index (χ3n) is 2.21. The molecular weight excluding hydrogens is 281 g/mol. The van der Waals surface area contributed by atoms with Gasteiger partial charge in [-0.2, -0.15) is 0 Å². The summed E-state index contributed by atoms with van der Waals surface area (Å²) in [4.78, 5) is 10.9. The molecule has 1 fully saturated rings. The Morgan fingerprint density at radius 2 is 2.33 bits per heavy atom. The zero-order valence-electron chi connectivity index (χ0n) is 7.80. The molecule has 3 nitrogen and oxygen atoms in total. The van der Waals surface area contributed by atoms with Gasteiger partial charge in [0, 0.05) is 21.6 Å². The van der Waals surface area contributed by atoms with Gasteiger partial charge in [-0.3, -0.25) is 4.79 Å². The normalized spacial score (nSPS) is 21.2. The maximum Gasteiger partial charge on any atom is 0.246 e. The van der Waals surface area contributed by atoms with E-state index in [9.17, 15) is 4.79 Å². The predicted molar refractivity (Wildman–Crippen MR) is 60.9 cm³/mol. The van der Waals surface area contributed by atoms with E-state index in [2.05, 4.69) is 21.2 Å². The Bertz CT molecular complexity index is 387. The van der Waals surface area contributed by atoms with Gasteiger partial charge in [-0.1, -0.05) is 27.5 Å². The third-order valence-corrected chi connectivity index (χ3v) is 3.04. The summed E-state index contributed by atoms with van der Waals surface area (Å²) in [5.41, 5.74) is 0.894. The smallest absolute Gasteiger partial charge is 0.246 e. The highest BCUT2D eigenvalue weighted by Gasteiger charge is 2.22. The number of rotatable bonds is 1. The summed E-state index contributed by atoms with van der Waals surface area (Å²) in [5.74, 6) is -0.0858. The number of nitrogens with one attached hydrogen (secondary N) is 1. The first-order chi connectivity index (χ1) is 7.16. The van der Waals surface area contributed by atoms with Gasteiger partial charge in [-0.05, 0) is 18.2 Å². The molecule has 1 N–H and O–H groups in total. The Kier molecular flexibility index (Phi) is 3.29. The van der Waals surface area contributed by atoms with E-state index in [1.165, 1.54) is 0 Å². The maximum absolute atomic E-state index is 10.9. The number of carbonyl (C=O) groups is 1. The molecule has 0 aliphatic carbocycles. The molecule has 1 amide bonds. The first-order valence-corrected chi connectivity index (χ1v) is 5.67. The van der Waals surface area contributed by atoms with Crippen LogP contribution in [0.1, 0.15) is 11.7 Å². The molecule has 80 valence electrons. The molecule has 0 radical (unpaired) electrons. The molecule has 1 atom stereocenters. The van der Waals surface area contributed by atoms with Gasteiger partial charge in [0.2, 0.25) is 5.91 Å². The molecule has 1 heterocycles. The van der Waals surface area contributed by atoms with E-state index >= 15 is 0 Å². The van der Waals surface area contributed by atoms with E-state index in [1.807, 2.05) is 12.1 Å². The van der Waals surface area contributed by atoms with Gasteiger partial charge in [0.25, 0.3) is 0 Å². The van der Waals surface area contributed by atoms with Crippen LogP contribution in [0, 0.1) is 0 Å². The highest BCUT2D eigenvalue weighted by Crippen LogP contribution is 2.29. The average Bonchev–Trinajstić information content (AvgIpc) is 2.23. The SMILES string of the molecule is O=C1CO[C@@H](c2cc(Br)ccc2Cl)CN1. The van der Waals surface area contributed by atoms with Crippen molar-refractivity contribution in [3.8, 4) is 0 Å². The molecule has 0 unspecified atom stereocenters. The molecule has 2 rings (SSSR count). The number of amides is 1. The van der Waals surface area contributed by atoms with Crippen LogP contribution in [0.3, 0.4) is 0 Å². The van der Waals surface area contributed by atoms with Crippen molar-refractivity contribution in [3.05, 3.63) is 33.3 Å². The van der Waals surface area contributed by atoms with Gasteiger partial charge in [0.15, 0.2) is 0 Å². The molecule has 15 heavy (non-hydrogen) atoms. The summed E-state index contributed by atoms with van der Waals surface area (Å²) in [6, 6.07) is 5.58. The summed E-state index contributed by atoms with van der Waals surface area (Å²) in [5, 5.41) is 3.39. The summed E-state index contributed by atoms with van der Waals surface area (Å²) in [7, 11) is 0. The van der Waals surface area contributed by atoms with Gasteiger partial charge >= 0.3 is 0 Å². The van der Waals surface area contributed by atoms with E-state index in [1.54, 1.807) is 6.07 Å². The Balaban J connectivity index is 2.21. The number of hydrogen-bond acceptors (Lipinski definition) is 2. The minimum atomic E-state index is -0.160. The van der Waals surface area contributed by atoms with Crippen LogP contribution in [0.4, 0.5) is 0 Å². The van der Waals surface area contributed by atoms with Crippen molar-refractivity contribution in [3.63, 3.8) is 0 Å². The fraction of sp³-hybridized carbons (Fsp3) is 0.300. The zero-order valence-corrected chi connectivity index (χ0v) is 10.1. The number of benzene rings is 1. The number of ether oxygens (including phenoxy) is 1. The first kappa shape index (κ1) is 10.9. The molecule has 1 aliphatic rings. The Morgan fingerprint density at radius 1 is 1.53 bits per heavy atom. The maximum atomic E-state index is 10.9. The van der Waals surface area contributed by atoms with Crippen LogP contribution in [0.2, 0.25) is 5.02 Å². The molecule has 5 heteroatoms. The van der Waals surface area contributed by atoms with E-state index in [0.717, 1.165) is 10.0 Å². The van der Waals surface area contributed by atoms with Gasteiger partial charge in [-0.15, -0.1) is 0 Å². The van der Waals surface area contributed by atoms with Crippen LogP contribution in [-0.2, 0) is 9.53 Å². The van der Waals surface area contributed by atoms with E-state index in [0.29, 0.717) is 11.6 Å². The number of halogens is 2. The lowest BCUT2D eigenvalue weighted by molar-refractivity contribution is -0.133. The number of carbonyl (C=O) groups excluding carboxylic acids is 1. The van der Waals surface area contributed by atoms with Crippen LogP contribution in [0.25, 0.3) is 0 Å². The fourth-order valence-corrected chi connectivity index (χ4v) is 2.07. The van der Waals surface area contributed by atoms with Crippen LogP contribution in [0.15, 0.2) is 22.7 Å². The van der Waals surface area contributed by atoms with Crippen molar-refractivity contribution >= 4 is 33.4 Å². The van der Waals surface area contributed by atoms with Crippen LogP contribution in [0.5, 0.6) is 0 Å². The molecular formula is C10H9BrClNO2. The summed E-state index contributed by atoms with van der Waals surface area (Å²) in [6.45, 7) is 0.558. The summed E-state index contributed by atoms with van der Waals surface area (Å²) in [6.07, 6.45) is -0.160. The zero-order chi connectivity index (χ0) is 10.8. The standard InChI is InChI=1S/C10H9BrClNO2/c11-6-1-2-8(12)7(3-6)9-4-13-10(14)5-15-9/h1-3,9H,4-5H2,(H,13,14)/t9-/m1/s1. The minimum absolute atomic E-state index is 0.0858. The fourth-order valence-electron chi connectivity index (χ4n) is 1.45. The van der Waals surface area contributed by atoms with Gasteiger partial charge in [0.1, 0.15) is 12.7 Å². The van der Waals surface area contributed by atoms with Crippen molar-refractivity contribution in [2.24, 2.45) is 0 Å². The minimum Gasteiger partial charge on any atom is -0.362 e. The molecule has 0 aromatic heterocycles. The van der Waals surface area contributed by atoms with Gasteiger partial charge < -0.3 is 10.1 Å². The molecule has 0 spiro atoms. The van der Waals surface area contributed by atoms with E-state index < -0.39 is 0 Å². The van der Waals surface area contributed by atoms with E-state index in [4.69, 9.17) is 16.3 Å². The van der Waals surface area contributed by atoms with Crippen molar-refractivity contribution < 1.29 is 9.53 Å². The second-order valence-electron chi connectivity index (χ2n) is 3.27. The first-order valence-electron chi connectivity index (χ1n) is 4.50. The van der Waals surface area contributed by atoms with Gasteiger partial charge in [0.05, 0.1) is 0 Å². The molecule has 1 aromatic rings. The van der Waals surface area contributed by atoms with Crippen molar-refractivity contribution in [1.29, 1.82) is 0 Å². The highest BCUT2D eigenvalue weighted by atomic mass is 79.9. The Morgan fingerprint density at radius 3 is 3.00 bits per heavy atom. The second-order valence-corrected chi connectivity index (χ2v) is 4.59. The highest BCUT2D eigenvalue weighted by molar-refractivity contribution is 9.10. The quantitative estimate of drug-likeness (QED) is 0.862. The summed E-state index contributed by atoms with van der Waals surface area (Å²) < 4.78 is 6.34. The number of morpholine rings is 1. The lowest BCUT2D eigenvalue weighted by atomic mass is 10.1. The second kappa shape index (κ2) is 4.51. The van der Waals surface area contributed by atoms with Crippen LogP contribution in [-0.4, -0.2) is 19.1 Å². The monoisotopic (exact) mass is 289 g/mol. The topological polar surface area (TPSA) is 38.3 Å². The van der Waals surface area contributed by atoms with Crippen LogP contribution >= 0.6 is 27.5 Å². The Labute approximate surface area is 101 Å². The van der Waals surface area contributed by atoms with Crippen molar-refractivity contribution in [2.75, 3.05) is 13.2 Å². The third kappa shape index (κ3) is 2.51. The van der Waals surface area contributed by atoms with E-state index in [-0.39, 0.29) is 18.6 Å². The van der Waals surface area contributed by atoms with Crippen LogP contribution < -0.4 is 5.32 Å². The van der Waals surface area contributed by atoms with Crippen molar-refractivity contribution in [1.82, 2.24) is 5.32 Å². The molecule has 0 bridgehead atoms. The molecule has 0 saturated carbocycles. The number of hydrogen-bond donors (Lipinski definition) is 1. The largest absolute Gasteiger partial charge is 0.362 e. The van der Waals surface area contributed by atoms with Gasteiger partial charge in [-0.25, -0.2) is 0 Å². The molecule has 1 aromatic carbocycles. The summed E-state index contributed by atoms with van der Waals surface area (Å²) >= 11 is 9.43. The lowest BCUT2D eigenvalue weighted by Crippen LogP contribution is -2.38. The molecule has 1 saturated heterocycles.